The highest BCUT2D eigenvalue weighted by molar-refractivity contribution is 7.90. The lowest BCUT2D eigenvalue weighted by molar-refractivity contribution is 0.0903. The van der Waals surface area contributed by atoms with E-state index in [1.807, 2.05) is 12.1 Å². The van der Waals surface area contributed by atoms with E-state index in [1.54, 1.807) is 17.5 Å². The summed E-state index contributed by atoms with van der Waals surface area (Å²) < 4.78 is 36.5. The predicted molar refractivity (Wildman–Crippen MR) is 137 cm³/mol. The van der Waals surface area contributed by atoms with Crippen molar-refractivity contribution in [3.8, 4) is 0 Å². The maximum Gasteiger partial charge on any atom is 0.271 e. The fourth-order valence-electron chi connectivity index (χ4n) is 3.84. The molecule has 1 aliphatic heterocycles. The van der Waals surface area contributed by atoms with Gasteiger partial charge in [-0.3, -0.25) is 19.8 Å². The van der Waals surface area contributed by atoms with E-state index >= 15 is 0 Å². The molecular formula is C24H24ClFN4O4S2. The molecule has 0 radical (unpaired) electrons. The van der Waals surface area contributed by atoms with Crippen molar-refractivity contribution in [1.29, 1.82) is 0 Å². The van der Waals surface area contributed by atoms with Gasteiger partial charge in [0.2, 0.25) is 0 Å². The number of aromatic nitrogens is 1. The number of hydrogen-bond donors (Lipinski definition) is 2. The van der Waals surface area contributed by atoms with Crippen LogP contribution in [0, 0.1) is 5.82 Å². The van der Waals surface area contributed by atoms with Gasteiger partial charge in [-0.25, -0.2) is 17.8 Å². The van der Waals surface area contributed by atoms with Crippen molar-refractivity contribution in [3.05, 3.63) is 75.5 Å². The molecule has 0 bridgehead atoms. The molecule has 2 N–H and O–H groups in total. The molecule has 0 atom stereocenters. The number of rotatable bonds is 7. The molecule has 1 fully saturated rings. The molecule has 0 saturated carbocycles. The Morgan fingerprint density at radius 1 is 1.14 bits per heavy atom. The molecule has 0 spiro atoms. The first-order valence-electron chi connectivity index (χ1n) is 11.1. The van der Waals surface area contributed by atoms with E-state index in [0.29, 0.717) is 11.4 Å². The van der Waals surface area contributed by atoms with Gasteiger partial charge in [0.25, 0.3) is 11.8 Å². The third-order valence-corrected chi connectivity index (χ3v) is 8.00. The van der Waals surface area contributed by atoms with Crippen LogP contribution in [0.2, 0.25) is 5.02 Å². The summed E-state index contributed by atoms with van der Waals surface area (Å²) in [6.45, 7) is 2.29. The first kappa shape index (κ1) is 26.2. The number of hydrogen-bond acceptors (Lipinski definition) is 7. The Morgan fingerprint density at radius 2 is 1.83 bits per heavy atom. The SMILES string of the molecule is CS(=O)(=O)c1ccc(CN2CCC(NC(=O)c3csc(NC(=O)c4ccc(F)c(Cl)c4)n3)CC2)cc1. The van der Waals surface area contributed by atoms with Gasteiger partial charge >= 0.3 is 0 Å². The predicted octanol–water partition coefficient (Wildman–Crippen LogP) is 3.99. The molecular weight excluding hydrogens is 527 g/mol. The molecule has 8 nitrogen and oxygen atoms in total. The number of amides is 2. The molecule has 1 aromatic heterocycles. The molecule has 36 heavy (non-hydrogen) atoms. The number of likely N-dealkylation sites (tertiary alicyclic amines) is 1. The molecule has 190 valence electrons. The summed E-state index contributed by atoms with van der Waals surface area (Å²) in [5.41, 5.74) is 1.42. The van der Waals surface area contributed by atoms with Crippen LogP contribution < -0.4 is 10.6 Å². The Hall–Kier alpha value is -2.86. The number of carbonyl (C=O) groups excluding carboxylic acids is 2. The van der Waals surface area contributed by atoms with Gasteiger partial charge in [0.05, 0.1) is 9.92 Å². The Bertz CT molecular complexity index is 1370. The number of nitrogens with one attached hydrogen (secondary N) is 2. The summed E-state index contributed by atoms with van der Waals surface area (Å²) >= 11 is 6.84. The normalized spacial score (nSPS) is 15.0. The quantitative estimate of drug-likeness (QED) is 0.460. The van der Waals surface area contributed by atoms with Crippen LogP contribution in [0.3, 0.4) is 0 Å². The highest BCUT2D eigenvalue weighted by atomic mass is 35.5. The Labute approximate surface area is 217 Å². The number of sulfone groups is 1. The maximum absolute atomic E-state index is 13.3. The number of halogens is 2. The number of thiazole rings is 1. The van der Waals surface area contributed by atoms with Crippen LogP contribution in [-0.2, 0) is 16.4 Å². The number of carbonyl (C=O) groups is 2. The van der Waals surface area contributed by atoms with Gasteiger partial charge in [-0.1, -0.05) is 23.7 Å². The van der Waals surface area contributed by atoms with Crippen molar-refractivity contribution >= 4 is 49.7 Å². The lowest BCUT2D eigenvalue weighted by Crippen LogP contribution is -2.44. The zero-order chi connectivity index (χ0) is 25.9. The fourth-order valence-corrected chi connectivity index (χ4v) is 5.33. The lowest BCUT2D eigenvalue weighted by Gasteiger charge is -2.32. The molecule has 2 aromatic carbocycles. The average Bonchev–Trinajstić information content (AvgIpc) is 3.30. The molecule has 2 amide bonds. The smallest absolute Gasteiger partial charge is 0.271 e. The van der Waals surface area contributed by atoms with Crippen molar-refractivity contribution in [2.75, 3.05) is 24.7 Å². The zero-order valence-electron chi connectivity index (χ0n) is 19.3. The molecule has 4 rings (SSSR count). The summed E-state index contributed by atoms with van der Waals surface area (Å²) in [5.74, 6) is -1.43. The van der Waals surface area contributed by atoms with Crippen molar-refractivity contribution in [1.82, 2.24) is 15.2 Å². The largest absolute Gasteiger partial charge is 0.348 e. The van der Waals surface area contributed by atoms with E-state index in [1.165, 1.54) is 18.4 Å². The molecule has 12 heteroatoms. The summed E-state index contributed by atoms with van der Waals surface area (Å²) in [4.78, 5) is 31.7. The average molecular weight is 551 g/mol. The summed E-state index contributed by atoms with van der Waals surface area (Å²) in [6, 6.07) is 10.6. The van der Waals surface area contributed by atoms with Crippen LogP contribution in [0.15, 0.2) is 52.7 Å². The fraction of sp³-hybridized carbons (Fsp3) is 0.292. The van der Waals surface area contributed by atoms with E-state index in [2.05, 4.69) is 20.5 Å². The first-order valence-corrected chi connectivity index (χ1v) is 14.3. The molecule has 0 aliphatic carbocycles. The Balaban J connectivity index is 1.25. The minimum atomic E-state index is -3.21. The highest BCUT2D eigenvalue weighted by Crippen LogP contribution is 2.21. The van der Waals surface area contributed by atoms with Gasteiger partial charge in [0.15, 0.2) is 15.0 Å². The molecule has 0 unspecified atom stereocenters. The third kappa shape index (κ3) is 6.67. The standard InChI is InChI=1S/C24H24ClFN4O4S2/c1-36(33,34)18-5-2-15(3-6-18)13-30-10-8-17(9-11-30)27-23(32)21-14-35-24(28-21)29-22(31)16-4-7-20(26)19(25)12-16/h2-7,12,14,17H,8-11,13H2,1H3,(H,27,32)(H,28,29,31). The molecule has 3 aromatic rings. The second-order valence-electron chi connectivity index (χ2n) is 8.56. The van der Waals surface area contributed by atoms with Crippen molar-refractivity contribution < 1.29 is 22.4 Å². The van der Waals surface area contributed by atoms with E-state index in [0.717, 1.165) is 48.9 Å². The van der Waals surface area contributed by atoms with Gasteiger partial charge in [0, 0.05) is 42.9 Å². The number of benzene rings is 2. The Kier molecular flexibility index (Phi) is 8.04. The molecule has 2 heterocycles. The van der Waals surface area contributed by atoms with Gasteiger partial charge in [0.1, 0.15) is 11.5 Å². The van der Waals surface area contributed by atoms with E-state index in [9.17, 15) is 22.4 Å². The van der Waals surface area contributed by atoms with Crippen LogP contribution in [0.5, 0.6) is 0 Å². The van der Waals surface area contributed by atoms with Crippen LogP contribution in [0.4, 0.5) is 9.52 Å². The van der Waals surface area contributed by atoms with Gasteiger partial charge < -0.3 is 5.32 Å². The van der Waals surface area contributed by atoms with Gasteiger partial charge in [-0.2, -0.15) is 0 Å². The second kappa shape index (κ2) is 11.0. The zero-order valence-corrected chi connectivity index (χ0v) is 21.7. The summed E-state index contributed by atoms with van der Waals surface area (Å²) in [7, 11) is -3.21. The number of piperidine rings is 1. The van der Waals surface area contributed by atoms with Gasteiger partial charge in [-0.15, -0.1) is 11.3 Å². The van der Waals surface area contributed by atoms with Crippen molar-refractivity contribution in [2.24, 2.45) is 0 Å². The van der Waals surface area contributed by atoms with Gasteiger partial charge in [-0.05, 0) is 48.7 Å². The minimum Gasteiger partial charge on any atom is -0.348 e. The maximum atomic E-state index is 13.3. The summed E-state index contributed by atoms with van der Waals surface area (Å²) in [5, 5.41) is 7.25. The second-order valence-corrected chi connectivity index (χ2v) is 11.8. The van der Waals surface area contributed by atoms with E-state index in [-0.39, 0.29) is 33.4 Å². The number of nitrogens with zero attached hydrogens (tertiary/aromatic N) is 2. The molecule has 1 saturated heterocycles. The molecule has 1 aliphatic rings. The van der Waals surface area contributed by atoms with Crippen molar-refractivity contribution in [3.63, 3.8) is 0 Å². The van der Waals surface area contributed by atoms with Crippen LogP contribution in [0.25, 0.3) is 0 Å². The van der Waals surface area contributed by atoms with Crippen molar-refractivity contribution in [2.45, 2.75) is 30.3 Å². The topological polar surface area (TPSA) is 108 Å². The van der Waals surface area contributed by atoms with E-state index in [4.69, 9.17) is 11.6 Å². The van der Waals surface area contributed by atoms with E-state index < -0.39 is 21.6 Å². The minimum absolute atomic E-state index is 0.00228. The summed E-state index contributed by atoms with van der Waals surface area (Å²) in [6.07, 6.45) is 2.73. The third-order valence-electron chi connectivity index (χ3n) is 5.82. The van der Waals surface area contributed by atoms with Crippen LogP contribution >= 0.6 is 22.9 Å². The Morgan fingerprint density at radius 3 is 2.47 bits per heavy atom. The van der Waals surface area contributed by atoms with Crippen LogP contribution in [0.1, 0.15) is 39.3 Å². The number of anilines is 1. The monoisotopic (exact) mass is 550 g/mol. The highest BCUT2D eigenvalue weighted by Gasteiger charge is 2.23. The lowest BCUT2D eigenvalue weighted by atomic mass is 10.0. The first-order chi connectivity index (χ1) is 17.1. The van der Waals surface area contributed by atoms with Crippen LogP contribution in [-0.4, -0.2) is 55.5 Å².